The number of nitrogens with one attached hydrogen (secondary N) is 3. The van der Waals surface area contributed by atoms with Gasteiger partial charge in [-0.1, -0.05) is 12.1 Å². The maximum absolute atomic E-state index is 12.7. The van der Waals surface area contributed by atoms with Crippen molar-refractivity contribution in [3.05, 3.63) is 59.9 Å². The average Bonchev–Trinajstić information content (AvgIpc) is 2.80. The quantitative estimate of drug-likeness (QED) is 0.460. The Morgan fingerprint density at radius 3 is 2.55 bits per heavy atom. The van der Waals surface area contributed by atoms with Gasteiger partial charge < -0.3 is 20.7 Å². The van der Waals surface area contributed by atoms with E-state index < -0.39 is 6.04 Å². The molecule has 1 atom stereocenters. The van der Waals surface area contributed by atoms with Crippen LogP contribution in [0.5, 0.6) is 5.75 Å². The Hall–Kier alpha value is -3.07. The van der Waals surface area contributed by atoms with Gasteiger partial charge in [0.15, 0.2) is 0 Å². The molecule has 0 aliphatic carbocycles. The number of thioether (sulfide) groups is 1. The molecule has 1 heterocycles. The van der Waals surface area contributed by atoms with Crippen LogP contribution < -0.4 is 20.7 Å². The molecule has 9 heteroatoms. The zero-order valence-corrected chi connectivity index (χ0v) is 18.5. The van der Waals surface area contributed by atoms with Crippen LogP contribution in [0.15, 0.2) is 48.8 Å². The first-order valence-corrected chi connectivity index (χ1v) is 11.3. The monoisotopic (exact) mass is 444 g/mol. The van der Waals surface area contributed by atoms with Gasteiger partial charge in [-0.3, -0.25) is 19.4 Å². The fourth-order valence-corrected chi connectivity index (χ4v) is 3.26. The molecular weight excluding hydrogens is 416 g/mol. The summed E-state index contributed by atoms with van der Waals surface area (Å²) >= 11 is 1.59. The van der Waals surface area contributed by atoms with E-state index in [0.717, 1.165) is 5.56 Å². The van der Waals surface area contributed by atoms with Crippen molar-refractivity contribution in [1.29, 1.82) is 0 Å². The largest absolute Gasteiger partial charge is 0.496 e. The van der Waals surface area contributed by atoms with Crippen LogP contribution in [0.25, 0.3) is 0 Å². The van der Waals surface area contributed by atoms with Gasteiger partial charge in [0.05, 0.1) is 12.7 Å². The SMILES string of the molecule is COc1ccccc1C(=O)NC(CCSC)C(=O)NCCC(=O)NCc1ccncc1. The standard InChI is InChI=1S/C22H28N4O4S/c1-30-19-6-4-3-5-17(19)21(28)26-18(10-14-31-2)22(29)24-13-9-20(27)25-15-16-7-11-23-12-8-16/h3-8,11-12,18H,9-10,13-15H2,1-2H3,(H,24,29)(H,25,27)(H,26,28). The summed E-state index contributed by atoms with van der Waals surface area (Å²) in [5.74, 6) is 0.273. The maximum Gasteiger partial charge on any atom is 0.255 e. The van der Waals surface area contributed by atoms with E-state index in [0.29, 0.717) is 30.0 Å². The number of carbonyl (C=O) groups is 3. The number of benzene rings is 1. The third kappa shape index (κ3) is 8.29. The second kappa shape index (κ2) is 13.3. The molecule has 1 aromatic carbocycles. The number of carbonyl (C=O) groups excluding carboxylic acids is 3. The van der Waals surface area contributed by atoms with E-state index in [1.165, 1.54) is 7.11 Å². The molecular formula is C22H28N4O4S. The molecule has 1 unspecified atom stereocenters. The highest BCUT2D eigenvalue weighted by atomic mass is 32.2. The zero-order chi connectivity index (χ0) is 22.5. The lowest BCUT2D eigenvalue weighted by Crippen LogP contribution is -2.47. The lowest BCUT2D eigenvalue weighted by molar-refractivity contribution is -0.123. The minimum Gasteiger partial charge on any atom is -0.496 e. The van der Waals surface area contributed by atoms with Gasteiger partial charge in [0.1, 0.15) is 11.8 Å². The minimum absolute atomic E-state index is 0.145. The van der Waals surface area contributed by atoms with E-state index in [4.69, 9.17) is 4.74 Å². The van der Waals surface area contributed by atoms with Crippen LogP contribution in [0, 0.1) is 0 Å². The number of amides is 3. The van der Waals surface area contributed by atoms with E-state index in [1.54, 1.807) is 48.4 Å². The van der Waals surface area contributed by atoms with Crippen LogP contribution in [0.4, 0.5) is 0 Å². The minimum atomic E-state index is -0.704. The molecule has 166 valence electrons. The van der Waals surface area contributed by atoms with Crippen molar-refractivity contribution in [3.8, 4) is 5.75 Å². The Morgan fingerprint density at radius 2 is 1.84 bits per heavy atom. The molecule has 31 heavy (non-hydrogen) atoms. The Labute approximate surface area is 186 Å². The molecule has 3 N–H and O–H groups in total. The molecule has 0 fully saturated rings. The van der Waals surface area contributed by atoms with Gasteiger partial charge in [-0.05, 0) is 48.3 Å². The Bertz CT molecular complexity index is 864. The molecule has 0 aliphatic heterocycles. The van der Waals surface area contributed by atoms with Gasteiger partial charge in [0.2, 0.25) is 11.8 Å². The number of ether oxygens (including phenoxy) is 1. The molecule has 0 aliphatic rings. The summed E-state index contributed by atoms with van der Waals surface area (Å²) < 4.78 is 5.22. The number of hydrogen-bond donors (Lipinski definition) is 3. The number of hydrogen-bond acceptors (Lipinski definition) is 6. The van der Waals surface area contributed by atoms with E-state index in [-0.39, 0.29) is 30.7 Å². The third-order valence-corrected chi connectivity index (χ3v) is 5.12. The first kappa shape index (κ1) is 24.2. The number of rotatable bonds is 12. The molecule has 1 aromatic heterocycles. The van der Waals surface area contributed by atoms with Gasteiger partial charge >= 0.3 is 0 Å². The van der Waals surface area contributed by atoms with Gasteiger partial charge in [0.25, 0.3) is 5.91 Å². The maximum atomic E-state index is 12.7. The van der Waals surface area contributed by atoms with Crippen molar-refractivity contribution in [2.45, 2.75) is 25.4 Å². The van der Waals surface area contributed by atoms with Crippen LogP contribution in [-0.4, -0.2) is 54.4 Å². The molecule has 0 saturated carbocycles. The molecule has 3 amide bonds. The summed E-state index contributed by atoms with van der Waals surface area (Å²) in [6.45, 7) is 0.585. The Kier molecular flexibility index (Phi) is 10.4. The smallest absolute Gasteiger partial charge is 0.255 e. The fraction of sp³-hybridized carbons (Fsp3) is 0.364. The van der Waals surface area contributed by atoms with E-state index in [9.17, 15) is 14.4 Å². The third-order valence-electron chi connectivity index (χ3n) is 4.47. The predicted octanol–water partition coefficient (Wildman–Crippen LogP) is 1.76. The Morgan fingerprint density at radius 1 is 1.10 bits per heavy atom. The van der Waals surface area contributed by atoms with E-state index in [1.807, 2.05) is 18.4 Å². The average molecular weight is 445 g/mol. The van der Waals surface area contributed by atoms with E-state index in [2.05, 4.69) is 20.9 Å². The van der Waals surface area contributed by atoms with Crippen LogP contribution in [-0.2, 0) is 16.1 Å². The van der Waals surface area contributed by atoms with Crippen molar-refractivity contribution in [3.63, 3.8) is 0 Å². The number of pyridine rings is 1. The fourth-order valence-electron chi connectivity index (χ4n) is 2.78. The van der Waals surface area contributed by atoms with Crippen molar-refractivity contribution in [1.82, 2.24) is 20.9 Å². The first-order valence-electron chi connectivity index (χ1n) is 9.91. The zero-order valence-electron chi connectivity index (χ0n) is 17.7. The normalized spacial score (nSPS) is 11.3. The summed E-state index contributed by atoms with van der Waals surface area (Å²) in [5, 5.41) is 8.32. The molecule has 8 nitrogen and oxygen atoms in total. The number of nitrogens with zero attached hydrogens (tertiary/aromatic N) is 1. The number of para-hydroxylation sites is 1. The summed E-state index contributed by atoms with van der Waals surface area (Å²) in [7, 11) is 1.49. The summed E-state index contributed by atoms with van der Waals surface area (Å²) in [6.07, 6.45) is 5.88. The van der Waals surface area contributed by atoms with Gasteiger partial charge in [-0.25, -0.2) is 0 Å². The lowest BCUT2D eigenvalue weighted by atomic mass is 10.1. The highest BCUT2D eigenvalue weighted by Gasteiger charge is 2.22. The van der Waals surface area contributed by atoms with Crippen LogP contribution in [0.3, 0.4) is 0 Å². The highest BCUT2D eigenvalue weighted by molar-refractivity contribution is 7.98. The van der Waals surface area contributed by atoms with Crippen LogP contribution >= 0.6 is 11.8 Å². The predicted molar refractivity (Wildman–Crippen MR) is 121 cm³/mol. The molecule has 2 rings (SSSR count). The number of aromatic nitrogens is 1. The first-order chi connectivity index (χ1) is 15.0. The summed E-state index contributed by atoms with van der Waals surface area (Å²) in [4.78, 5) is 41.2. The van der Waals surface area contributed by atoms with Gasteiger partial charge in [-0.15, -0.1) is 0 Å². The topological polar surface area (TPSA) is 109 Å². The lowest BCUT2D eigenvalue weighted by Gasteiger charge is -2.19. The van der Waals surface area contributed by atoms with Crippen molar-refractivity contribution < 1.29 is 19.1 Å². The Balaban J connectivity index is 1.84. The second-order valence-corrected chi connectivity index (χ2v) is 7.67. The van der Waals surface area contributed by atoms with Crippen molar-refractivity contribution in [2.75, 3.05) is 25.7 Å². The number of methoxy groups -OCH3 is 1. The summed E-state index contributed by atoms with van der Waals surface area (Å²) in [5.41, 5.74) is 1.31. The van der Waals surface area contributed by atoms with E-state index >= 15 is 0 Å². The molecule has 0 saturated heterocycles. The second-order valence-electron chi connectivity index (χ2n) is 6.68. The molecule has 0 bridgehead atoms. The summed E-state index contributed by atoms with van der Waals surface area (Å²) in [6, 6.07) is 9.78. The molecule has 0 spiro atoms. The van der Waals surface area contributed by atoms with Gasteiger partial charge in [-0.2, -0.15) is 11.8 Å². The van der Waals surface area contributed by atoms with Crippen LogP contribution in [0.2, 0.25) is 0 Å². The van der Waals surface area contributed by atoms with Crippen LogP contribution in [0.1, 0.15) is 28.8 Å². The van der Waals surface area contributed by atoms with Crippen molar-refractivity contribution in [2.24, 2.45) is 0 Å². The highest BCUT2D eigenvalue weighted by Crippen LogP contribution is 2.17. The molecule has 0 radical (unpaired) electrons. The molecule has 2 aromatic rings. The van der Waals surface area contributed by atoms with Crippen molar-refractivity contribution >= 4 is 29.5 Å². The van der Waals surface area contributed by atoms with Gasteiger partial charge in [0, 0.05) is 31.9 Å².